The van der Waals surface area contributed by atoms with Gasteiger partial charge in [0.1, 0.15) is 60.4 Å². The molecule has 94 heavy (non-hydrogen) atoms. The van der Waals surface area contributed by atoms with Crippen molar-refractivity contribution in [2.45, 2.75) is 216 Å². The second-order valence-corrected chi connectivity index (χ2v) is 27.8. The van der Waals surface area contributed by atoms with Gasteiger partial charge in [0.25, 0.3) is 0 Å². The number of carboxylic acids is 1. The Morgan fingerprint density at radius 2 is 0.979 bits per heavy atom. The maximum absolute atomic E-state index is 15.2. The maximum atomic E-state index is 15.2. The van der Waals surface area contributed by atoms with Gasteiger partial charge < -0.3 is 71.5 Å². The van der Waals surface area contributed by atoms with Gasteiger partial charge in [0.05, 0.1) is 18.2 Å². The van der Waals surface area contributed by atoms with Crippen molar-refractivity contribution >= 4 is 76.6 Å². The molecule has 1 aliphatic heterocycles. The van der Waals surface area contributed by atoms with Gasteiger partial charge in [-0.3, -0.25) is 52.7 Å². The molecule has 0 spiro atoms. The van der Waals surface area contributed by atoms with Crippen LogP contribution in [-0.4, -0.2) is 232 Å². The third-order valence-electron chi connectivity index (χ3n) is 17.2. The van der Waals surface area contributed by atoms with Crippen LogP contribution in [0.3, 0.4) is 0 Å². The van der Waals surface area contributed by atoms with Gasteiger partial charge in [-0.1, -0.05) is 121 Å². The number of hydrogen-bond donors (Lipinski definition) is 8. The Hall–Kier alpha value is -7.64. The Labute approximate surface area is 558 Å². The average molecular weight is 1320 g/mol. The molecular weight excluding hydrogens is 1210 g/mol. The molecule has 11 amide bonds. The smallest absolute Gasteiger partial charge is 0.337 e. The largest absolute Gasteiger partial charge is 0.478 e. The molecule has 26 nitrogen and oxygen atoms in total. The lowest BCUT2D eigenvalue weighted by atomic mass is 9.92. The van der Waals surface area contributed by atoms with E-state index >= 15 is 14.4 Å². The molecule has 0 saturated carbocycles. The lowest BCUT2D eigenvalue weighted by molar-refractivity contribution is -0.154. The minimum absolute atomic E-state index is 0.0342. The second kappa shape index (κ2) is 38.0. The monoisotopic (exact) mass is 1320 g/mol. The summed E-state index contributed by atoms with van der Waals surface area (Å²) in [6.07, 6.45) is 2.36. The van der Waals surface area contributed by atoms with Crippen LogP contribution < -0.4 is 31.9 Å². The van der Waals surface area contributed by atoms with Crippen LogP contribution in [0.15, 0.2) is 36.4 Å². The van der Waals surface area contributed by atoms with E-state index in [2.05, 4.69) is 31.9 Å². The number of nitrogens with one attached hydrogen (secondary N) is 6. The topological polar surface area (TPSA) is 337 Å². The molecule has 1 aliphatic rings. The van der Waals surface area contributed by atoms with Crippen molar-refractivity contribution < 1.29 is 67.7 Å². The molecule has 1 fully saturated rings. The van der Waals surface area contributed by atoms with Crippen LogP contribution in [0.4, 0.5) is 5.69 Å². The first-order valence-electron chi connectivity index (χ1n) is 33.1. The fraction of sp³-hybridized carbons (Fsp3) is 0.706. The minimum atomic E-state index is -1.77. The average Bonchev–Trinajstić information content (AvgIpc) is 0.904. The zero-order valence-electron chi connectivity index (χ0n) is 60.0. The summed E-state index contributed by atoms with van der Waals surface area (Å²) in [5, 5.41) is 38.5. The Morgan fingerprint density at radius 3 is 1.48 bits per heavy atom. The van der Waals surface area contributed by atoms with Gasteiger partial charge in [0.15, 0.2) is 0 Å². The van der Waals surface area contributed by atoms with E-state index < -0.39 is 162 Å². The molecule has 0 aromatic heterocycles. The van der Waals surface area contributed by atoms with Gasteiger partial charge in [0.2, 0.25) is 65.0 Å². The predicted octanol–water partition coefficient (Wildman–Crippen LogP) is 3.72. The summed E-state index contributed by atoms with van der Waals surface area (Å²) in [6.45, 7) is 27.3. The molecule has 1 aromatic rings. The van der Waals surface area contributed by atoms with E-state index in [1.807, 2.05) is 55.4 Å². The van der Waals surface area contributed by atoms with Gasteiger partial charge in [-0.25, -0.2) is 4.79 Å². The summed E-state index contributed by atoms with van der Waals surface area (Å²) in [6, 6.07) is -6.50. The number of hydrogen-bond acceptors (Lipinski definition) is 14. The predicted molar refractivity (Wildman–Crippen MR) is 360 cm³/mol. The van der Waals surface area contributed by atoms with Crippen LogP contribution in [0.2, 0.25) is 0 Å². The summed E-state index contributed by atoms with van der Waals surface area (Å²) in [7, 11) is 8.41. The van der Waals surface area contributed by atoms with Gasteiger partial charge in [-0.15, -0.1) is 0 Å². The number of likely N-dealkylation sites (N-methyl/N-ethyl adjacent to an activating group) is 6. The molecule has 0 aliphatic carbocycles. The number of amides is 11. The maximum Gasteiger partial charge on any atom is 0.337 e. The standard InChI is InChI=1S/C68H114N12O14/c1-23-47-64(89)75(17)36-53(81)76(18)49(32-37(2)3)60(85)73-54(41(10)11)67(92)77(19)50(33-38(4)5)59(84)70-44(15)58(83)71-45(16)63(88)78(20)51(34-39(6)7)65(90)79(21)52(35-40(8)9)66(91)80(22)56(42(12)13)62(87)74-55(61(86)72-47)57(82)43(14)28-26-27-31-69-48-30-25-24-29-46(48)68(93)94/h24-27,29-30,37-45,47,49-52,54-57,69,82H,23,28,31-36H2,1-22H3,(H,70,84)(H,71,83)(H,72,86)(H,73,85)(H,74,87)(H,93,94)/b27-26+/t43-,44+,45-,47+,49+,50+,51+,52+,54+,55+,56+,57-/m1/s1. The number of allylic oxidation sites excluding steroid dienone is 1. The lowest BCUT2D eigenvalue weighted by Gasteiger charge is -2.40. The zero-order valence-corrected chi connectivity index (χ0v) is 60.0. The fourth-order valence-corrected chi connectivity index (χ4v) is 11.4. The minimum Gasteiger partial charge on any atom is -0.478 e. The van der Waals surface area contributed by atoms with Gasteiger partial charge in [-0.05, 0) is 106 Å². The molecule has 2 rings (SSSR count). The summed E-state index contributed by atoms with van der Waals surface area (Å²) in [5.74, 6) is -11.7. The number of aliphatic hydroxyl groups excluding tert-OH is 1. The molecule has 1 heterocycles. The fourth-order valence-electron chi connectivity index (χ4n) is 11.4. The first-order chi connectivity index (χ1) is 43.6. The number of carbonyl (C=O) groups excluding carboxylic acids is 11. The van der Waals surface area contributed by atoms with E-state index in [0.29, 0.717) is 5.69 Å². The van der Waals surface area contributed by atoms with E-state index in [1.165, 1.54) is 86.7 Å². The number of benzene rings is 1. The summed E-state index contributed by atoms with van der Waals surface area (Å²) >= 11 is 0. The van der Waals surface area contributed by atoms with Crippen molar-refractivity contribution in [2.75, 3.05) is 60.7 Å². The van der Waals surface area contributed by atoms with Crippen molar-refractivity contribution in [1.29, 1.82) is 0 Å². The SMILES string of the molecule is CC[C@@H]1NC(=O)[C@H]([C@H](O)[C@H](C)C/C=C/CNc2ccccc2C(=O)O)NC(=O)[C@H](C(C)C)N(C)C(=O)[C@H](CC(C)C)N(C)C(=O)[C@H](CC(C)C)N(C)C(=O)[C@@H](C)NC(=O)[C@H](C)NC(=O)[C@H](CC(C)C)N(C)C(=O)[C@H](C(C)C)NC(=O)[C@H](CC(C)C)N(C)C(=O)CN(C)C1=O. The first-order valence-corrected chi connectivity index (χ1v) is 33.1. The van der Waals surface area contributed by atoms with Crippen LogP contribution in [0.1, 0.15) is 160 Å². The van der Waals surface area contributed by atoms with Crippen LogP contribution in [0, 0.1) is 41.4 Å². The Bertz CT molecular complexity index is 2810. The van der Waals surface area contributed by atoms with E-state index in [9.17, 15) is 53.4 Å². The van der Waals surface area contributed by atoms with E-state index in [4.69, 9.17) is 0 Å². The molecule has 8 N–H and O–H groups in total. The highest BCUT2D eigenvalue weighted by Crippen LogP contribution is 2.24. The Morgan fingerprint density at radius 1 is 0.521 bits per heavy atom. The van der Waals surface area contributed by atoms with E-state index in [-0.39, 0.29) is 74.3 Å². The number of nitrogens with zero attached hydrogens (tertiary/aromatic N) is 6. The van der Waals surface area contributed by atoms with Gasteiger partial charge in [-0.2, -0.15) is 0 Å². The molecule has 1 saturated heterocycles. The highest BCUT2D eigenvalue weighted by molar-refractivity contribution is 6.00. The highest BCUT2D eigenvalue weighted by atomic mass is 16.4. The molecule has 530 valence electrons. The van der Waals surface area contributed by atoms with Crippen molar-refractivity contribution in [3.63, 3.8) is 0 Å². The molecule has 0 radical (unpaired) electrons. The lowest BCUT2D eigenvalue weighted by Crippen LogP contribution is -2.63. The highest BCUT2D eigenvalue weighted by Gasteiger charge is 2.44. The number of anilines is 1. The Kier molecular flexibility index (Phi) is 33.4. The van der Waals surface area contributed by atoms with Crippen molar-refractivity contribution in [1.82, 2.24) is 56.0 Å². The number of para-hydroxylation sites is 1. The van der Waals surface area contributed by atoms with Crippen LogP contribution in [0.5, 0.6) is 0 Å². The molecule has 1 aromatic carbocycles. The number of rotatable bonds is 19. The summed E-state index contributed by atoms with van der Waals surface area (Å²) < 4.78 is 0. The number of carboxylic acid groups (broad SMARTS) is 1. The zero-order chi connectivity index (χ0) is 72.1. The number of aliphatic hydroxyl groups is 1. The first kappa shape index (κ1) is 82.5. The number of aromatic carboxylic acids is 1. The quantitative estimate of drug-likeness (QED) is 0.0916. The molecule has 12 atom stereocenters. The van der Waals surface area contributed by atoms with Crippen molar-refractivity contribution in [3.05, 3.63) is 42.0 Å². The molecule has 0 bridgehead atoms. The number of carbonyl (C=O) groups is 12. The second-order valence-electron chi connectivity index (χ2n) is 27.8. The normalized spacial score (nSPS) is 25.2. The summed E-state index contributed by atoms with van der Waals surface area (Å²) in [4.78, 5) is 180. The molecular formula is C68H114N12O14. The van der Waals surface area contributed by atoms with E-state index in [1.54, 1.807) is 71.9 Å². The van der Waals surface area contributed by atoms with Gasteiger partial charge in [0, 0.05) is 54.5 Å². The van der Waals surface area contributed by atoms with Crippen molar-refractivity contribution in [2.24, 2.45) is 41.4 Å². The van der Waals surface area contributed by atoms with Gasteiger partial charge >= 0.3 is 5.97 Å². The third kappa shape index (κ3) is 23.7. The van der Waals surface area contributed by atoms with Crippen LogP contribution in [-0.2, 0) is 52.7 Å². The molecule has 0 unspecified atom stereocenters. The van der Waals surface area contributed by atoms with Crippen molar-refractivity contribution in [3.8, 4) is 0 Å². The van der Waals surface area contributed by atoms with E-state index in [0.717, 1.165) is 4.90 Å². The summed E-state index contributed by atoms with van der Waals surface area (Å²) in [5.41, 5.74) is 0.436. The van der Waals surface area contributed by atoms with Crippen LogP contribution in [0.25, 0.3) is 0 Å². The van der Waals surface area contributed by atoms with Crippen LogP contribution >= 0.6 is 0 Å². The Balaban J connectivity index is 2.93. The molecule has 26 heteroatoms. The third-order valence-corrected chi connectivity index (χ3v) is 17.2.